The van der Waals surface area contributed by atoms with Gasteiger partial charge in [0.05, 0.1) is 11.1 Å². The first-order chi connectivity index (χ1) is 16.7. The topological polar surface area (TPSA) is 99.3 Å². The smallest absolute Gasteiger partial charge is 0.406 e. The number of alkyl halides is 3. The quantitative estimate of drug-likeness (QED) is 0.279. The Morgan fingerprint density at radius 3 is 2.40 bits per heavy atom. The number of hydrogen-bond donors (Lipinski definition) is 1. The lowest BCUT2D eigenvalue weighted by atomic mass is 10.0. The van der Waals surface area contributed by atoms with E-state index in [0.29, 0.717) is 16.4 Å². The minimum absolute atomic E-state index is 0.000841. The van der Waals surface area contributed by atoms with Crippen LogP contribution >= 0.6 is 0 Å². The molecule has 1 aromatic heterocycles. The minimum Gasteiger partial charge on any atom is -0.406 e. The van der Waals surface area contributed by atoms with Crippen molar-refractivity contribution in [3.63, 3.8) is 0 Å². The zero-order valence-corrected chi connectivity index (χ0v) is 17.9. The maximum Gasteiger partial charge on any atom is 0.437 e. The number of rotatable bonds is 6. The second-order valence-electron chi connectivity index (χ2n) is 7.32. The van der Waals surface area contributed by atoms with Crippen molar-refractivity contribution in [3.05, 3.63) is 106 Å². The first-order valence-corrected chi connectivity index (χ1v) is 10.2. The van der Waals surface area contributed by atoms with Gasteiger partial charge in [0.1, 0.15) is 5.69 Å². The number of nitrogens with zero attached hydrogens (tertiary/aromatic N) is 3. The molecule has 3 aromatic carbocycles. The number of nitro groups is 1. The maximum atomic E-state index is 13.8. The molecule has 0 radical (unpaired) electrons. The molecular formula is C24H17F3N4O4. The molecule has 0 bridgehead atoms. The maximum absolute atomic E-state index is 13.8. The van der Waals surface area contributed by atoms with E-state index >= 15 is 0 Å². The number of carbonyl (C=O) groups is 1. The van der Waals surface area contributed by atoms with Crippen LogP contribution in [0.15, 0.2) is 85.1 Å². The number of ether oxygens (including phenoxy) is 1. The fraction of sp³-hybridized carbons (Fsp3) is 0.0833. The normalized spacial score (nSPS) is 11.2. The molecule has 0 aliphatic carbocycles. The van der Waals surface area contributed by atoms with Crippen LogP contribution in [0.4, 0.5) is 23.7 Å². The second kappa shape index (κ2) is 9.67. The Hall–Kier alpha value is -4.67. The number of para-hydroxylation sites is 2. The van der Waals surface area contributed by atoms with E-state index in [0.717, 1.165) is 23.3 Å². The van der Waals surface area contributed by atoms with Gasteiger partial charge in [0.2, 0.25) is 0 Å². The van der Waals surface area contributed by atoms with Gasteiger partial charge < -0.3 is 10.1 Å². The van der Waals surface area contributed by atoms with E-state index in [4.69, 9.17) is 4.74 Å². The first-order valence-electron chi connectivity index (χ1n) is 10.2. The predicted octanol–water partition coefficient (Wildman–Crippen LogP) is 5.75. The van der Waals surface area contributed by atoms with E-state index in [2.05, 4.69) is 10.4 Å². The zero-order valence-electron chi connectivity index (χ0n) is 17.9. The number of amides is 1. The van der Waals surface area contributed by atoms with E-state index in [1.54, 1.807) is 12.1 Å². The summed E-state index contributed by atoms with van der Waals surface area (Å²) >= 11 is 0. The number of aromatic nitrogens is 2. The van der Waals surface area contributed by atoms with E-state index in [1.165, 1.54) is 12.1 Å². The summed E-state index contributed by atoms with van der Waals surface area (Å²) in [5.41, 5.74) is 0.119. The predicted molar refractivity (Wildman–Crippen MR) is 120 cm³/mol. The monoisotopic (exact) mass is 482 g/mol. The molecule has 35 heavy (non-hydrogen) atoms. The Morgan fingerprint density at radius 1 is 1.00 bits per heavy atom. The summed E-state index contributed by atoms with van der Waals surface area (Å²) in [6.07, 6.45) is -5.46. The molecule has 4 aromatic rings. The Balaban J connectivity index is 1.53. The average molecular weight is 482 g/mol. The third-order valence-corrected chi connectivity index (χ3v) is 4.98. The van der Waals surface area contributed by atoms with Crippen molar-refractivity contribution in [1.82, 2.24) is 15.1 Å². The molecule has 0 fully saturated rings. The molecule has 4 rings (SSSR count). The van der Waals surface area contributed by atoms with Gasteiger partial charge in [0.15, 0.2) is 11.4 Å². The fourth-order valence-corrected chi connectivity index (χ4v) is 3.45. The molecule has 0 spiro atoms. The van der Waals surface area contributed by atoms with E-state index < -0.39 is 40.0 Å². The molecule has 0 saturated carbocycles. The lowest BCUT2D eigenvalue weighted by Gasteiger charge is -2.13. The van der Waals surface area contributed by atoms with Crippen LogP contribution in [0.2, 0.25) is 0 Å². The van der Waals surface area contributed by atoms with Crippen LogP contribution in [0.1, 0.15) is 11.3 Å². The summed E-state index contributed by atoms with van der Waals surface area (Å²) < 4.78 is 46.7. The fourth-order valence-electron chi connectivity index (χ4n) is 3.45. The van der Waals surface area contributed by atoms with Gasteiger partial charge >= 0.3 is 12.3 Å². The zero-order chi connectivity index (χ0) is 25.0. The lowest BCUT2D eigenvalue weighted by Crippen LogP contribution is -2.27. The van der Waals surface area contributed by atoms with E-state index in [-0.39, 0.29) is 6.54 Å². The third-order valence-electron chi connectivity index (χ3n) is 4.98. The van der Waals surface area contributed by atoms with Gasteiger partial charge in [-0.2, -0.15) is 18.3 Å². The molecule has 1 N–H and O–H groups in total. The molecule has 0 unspecified atom stereocenters. The molecule has 178 valence electrons. The molecule has 0 aliphatic rings. The average Bonchev–Trinajstić information content (AvgIpc) is 3.27. The van der Waals surface area contributed by atoms with Crippen LogP contribution < -0.4 is 10.1 Å². The van der Waals surface area contributed by atoms with Crippen molar-refractivity contribution in [3.8, 4) is 22.6 Å². The number of hydrogen-bond acceptors (Lipinski definition) is 5. The number of halogens is 3. The summed E-state index contributed by atoms with van der Waals surface area (Å²) in [7, 11) is 0. The van der Waals surface area contributed by atoms with Gasteiger partial charge in [-0.05, 0) is 28.8 Å². The molecule has 0 atom stereocenters. The van der Waals surface area contributed by atoms with Crippen LogP contribution in [0, 0.1) is 10.1 Å². The molecule has 1 amide bonds. The number of nitrogens with one attached hydrogen (secondary N) is 1. The van der Waals surface area contributed by atoms with Crippen LogP contribution in [0.25, 0.3) is 16.8 Å². The van der Waals surface area contributed by atoms with Gasteiger partial charge in [-0.3, -0.25) is 10.1 Å². The molecule has 0 aliphatic heterocycles. The number of carbonyl (C=O) groups excluding carboxylic acids is 1. The van der Waals surface area contributed by atoms with Crippen molar-refractivity contribution in [2.45, 2.75) is 12.7 Å². The Kier molecular flexibility index (Phi) is 6.49. The summed E-state index contributed by atoms with van der Waals surface area (Å²) in [6.45, 7) is -0.000841. The van der Waals surface area contributed by atoms with Gasteiger partial charge in [-0.15, -0.1) is 0 Å². The minimum atomic E-state index is -5.01. The van der Waals surface area contributed by atoms with Crippen LogP contribution in [-0.4, -0.2) is 20.8 Å². The van der Waals surface area contributed by atoms with E-state index in [9.17, 15) is 28.1 Å². The number of nitro benzene ring substituents is 1. The summed E-state index contributed by atoms with van der Waals surface area (Å²) in [6, 6.07) is 21.6. The first kappa shape index (κ1) is 23.5. The van der Waals surface area contributed by atoms with Crippen molar-refractivity contribution in [1.29, 1.82) is 0 Å². The van der Waals surface area contributed by atoms with Crippen LogP contribution in [0.3, 0.4) is 0 Å². The van der Waals surface area contributed by atoms with Crippen LogP contribution in [-0.2, 0) is 12.7 Å². The van der Waals surface area contributed by atoms with Crippen molar-refractivity contribution < 1.29 is 27.6 Å². The van der Waals surface area contributed by atoms with Crippen molar-refractivity contribution >= 4 is 11.8 Å². The summed E-state index contributed by atoms with van der Waals surface area (Å²) in [5.74, 6) is -0.883. The molecule has 1 heterocycles. The van der Waals surface area contributed by atoms with E-state index in [1.807, 2.05) is 42.5 Å². The molecule has 8 nitrogen and oxygen atoms in total. The van der Waals surface area contributed by atoms with Crippen LogP contribution in [0.5, 0.6) is 5.75 Å². The highest BCUT2D eigenvalue weighted by atomic mass is 19.4. The second-order valence-corrected chi connectivity index (χ2v) is 7.32. The largest absolute Gasteiger partial charge is 0.437 e. The van der Waals surface area contributed by atoms with Gasteiger partial charge in [-0.25, -0.2) is 9.48 Å². The molecule has 11 heteroatoms. The van der Waals surface area contributed by atoms with Crippen molar-refractivity contribution in [2.24, 2.45) is 0 Å². The Bertz CT molecular complexity index is 1370. The Morgan fingerprint density at radius 2 is 1.69 bits per heavy atom. The lowest BCUT2D eigenvalue weighted by molar-refractivity contribution is -0.384. The SMILES string of the molecule is O=C(NCc1cccc(-c2ccccc2)c1)Oc1cnn(-c2ccccc2[N+](=O)[O-])c1C(F)(F)F. The summed E-state index contributed by atoms with van der Waals surface area (Å²) in [5, 5.41) is 17.3. The van der Waals surface area contributed by atoms with Gasteiger partial charge in [0.25, 0.3) is 5.69 Å². The van der Waals surface area contributed by atoms with Gasteiger partial charge in [-0.1, -0.05) is 60.7 Å². The number of benzene rings is 3. The molecule has 0 saturated heterocycles. The summed E-state index contributed by atoms with van der Waals surface area (Å²) in [4.78, 5) is 22.7. The standard InChI is InChI=1S/C24H17F3N4O4/c25-24(26,27)22-21(15-29-30(22)19-11-4-5-12-20(19)31(33)34)35-23(32)28-14-16-7-6-10-18(13-16)17-8-2-1-3-9-17/h1-13,15H,14H2,(H,28,32). The third kappa shape index (κ3) is 5.29. The highest BCUT2D eigenvalue weighted by Gasteiger charge is 2.41. The highest BCUT2D eigenvalue weighted by Crippen LogP contribution is 2.39. The van der Waals surface area contributed by atoms with Gasteiger partial charge in [0, 0.05) is 12.6 Å². The van der Waals surface area contributed by atoms with Crippen molar-refractivity contribution in [2.75, 3.05) is 0 Å². The Labute approximate surface area is 196 Å². The highest BCUT2D eigenvalue weighted by molar-refractivity contribution is 5.71. The molecular weight excluding hydrogens is 465 g/mol.